The van der Waals surface area contributed by atoms with Crippen LogP contribution in [0.1, 0.15) is 33.2 Å². The second kappa shape index (κ2) is 6.69. The normalized spacial score (nSPS) is 10.1. The molecular weight excluding hydrogens is 300 g/mol. The minimum absolute atomic E-state index is 0.258. The molecule has 1 amide bonds. The van der Waals surface area contributed by atoms with Gasteiger partial charge in [-0.25, -0.2) is 4.79 Å². The van der Waals surface area contributed by atoms with E-state index in [1.165, 1.54) is 12.1 Å². The molecule has 0 aliphatic carbocycles. The van der Waals surface area contributed by atoms with Crippen LogP contribution in [-0.4, -0.2) is 21.9 Å². The fourth-order valence-corrected chi connectivity index (χ4v) is 2.13. The topological polar surface area (TPSA) is 110 Å². The van der Waals surface area contributed by atoms with Crippen molar-refractivity contribution in [3.05, 3.63) is 69.3 Å². The van der Waals surface area contributed by atoms with E-state index in [-0.39, 0.29) is 5.56 Å². The third kappa shape index (κ3) is 3.52. The molecule has 0 atom stereocenters. The summed E-state index contributed by atoms with van der Waals surface area (Å²) in [7, 11) is 0. The number of nitrogens with one attached hydrogen (secondary N) is 1. The number of aryl methyl sites for hydroxylation is 1. The minimum Gasteiger partial charge on any atom is -0.477 e. The molecule has 0 fully saturated rings. The van der Waals surface area contributed by atoms with Crippen LogP contribution < -0.4 is 5.32 Å². The zero-order valence-corrected chi connectivity index (χ0v) is 12.3. The maximum absolute atomic E-state index is 12.3. The van der Waals surface area contributed by atoms with E-state index in [1.54, 1.807) is 12.1 Å². The van der Waals surface area contributed by atoms with Gasteiger partial charge in [0.05, 0.1) is 10.5 Å². The van der Waals surface area contributed by atoms with Crippen molar-refractivity contribution < 1.29 is 19.6 Å². The van der Waals surface area contributed by atoms with E-state index in [2.05, 4.69) is 5.32 Å². The number of benzene rings is 2. The van der Waals surface area contributed by atoms with Crippen molar-refractivity contribution in [3.8, 4) is 0 Å². The van der Waals surface area contributed by atoms with E-state index < -0.39 is 28.1 Å². The first-order valence-corrected chi connectivity index (χ1v) is 6.85. The van der Waals surface area contributed by atoms with Gasteiger partial charge in [-0.2, -0.15) is 0 Å². The summed E-state index contributed by atoms with van der Waals surface area (Å²) in [5.74, 6) is -2.24. The molecule has 2 rings (SSSR count). The first-order chi connectivity index (χ1) is 10.9. The molecule has 7 heteroatoms. The molecule has 2 aromatic rings. The summed E-state index contributed by atoms with van der Waals surface area (Å²) in [5.41, 5.74) is 0.0672. The fourth-order valence-electron chi connectivity index (χ4n) is 2.13. The fraction of sp³-hybridized carbons (Fsp3) is 0.125. The highest BCUT2D eigenvalue weighted by molar-refractivity contribution is 6.12. The summed E-state index contributed by atoms with van der Waals surface area (Å²) in [6, 6.07) is 10.6. The lowest BCUT2D eigenvalue weighted by Gasteiger charge is -2.08. The van der Waals surface area contributed by atoms with Crippen molar-refractivity contribution in [1.29, 1.82) is 0 Å². The van der Waals surface area contributed by atoms with E-state index in [1.807, 2.05) is 19.1 Å². The molecule has 0 saturated carbocycles. The Kier molecular flexibility index (Phi) is 4.70. The first kappa shape index (κ1) is 16.2. The summed E-state index contributed by atoms with van der Waals surface area (Å²) in [6.07, 6.45) is 0.849. The second-order valence-electron chi connectivity index (χ2n) is 4.77. The number of amides is 1. The van der Waals surface area contributed by atoms with Gasteiger partial charge in [0.15, 0.2) is 0 Å². The van der Waals surface area contributed by atoms with Gasteiger partial charge in [-0.1, -0.05) is 25.1 Å². The number of anilines is 1. The standard InChI is InChI=1S/C16H14N2O5/c1-2-10-6-8-11(9-7-10)17-15(19)12-4-3-5-13(18(22)23)14(12)16(20)21/h3-9H,2H2,1H3,(H,17,19)(H,20,21). The summed E-state index contributed by atoms with van der Waals surface area (Å²) < 4.78 is 0. The highest BCUT2D eigenvalue weighted by Crippen LogP contribution is 2.23. The largest absolute Gasteiger partial charge is 0.477 e. The zero-order chi connectivity index (χ0) is 17.0. The average molecular weight is 314 g/mol. The number of carboxylic acids is 1. The Morgan fingerprint density at radius 3 is 2.35 bits per heavy atom. The number of nitro benzene ring substituents is 1. The number of nitro groups is 1. The molecular formula is C16H14N2O5. The van der Waals surface area contributed by atoms with E-state index in [4.69, 9.17) is 0 Å². The molecule has 0 spiro atoms. The third-order valence-electron chi connectivity index (χ3n) is 3.32. The summed E-state index contributed by atoms with van der Waals surface area (Å²) in [5, 5.41) is 22.7. The van der Waals surface area contributed by atoms with Crippen LogP contribution in [-0.2, 0) is 6.42 Å². The number of aromatic carboxylic acids is 1. The van der Waals surface area contributed by atoms with Crippen molar-refractivity contribution in [2.75, 3.05) is 5.32 Å². The van der Waals surface area contributed by atoms with Gasteiger partial charge in [0, 0.05) is 11.8 Å². The van der Waals surface area contributed by atoms with Crippen molar-refractivity contribution in [2.24, 2.45) is 0 Å². The zero-order valence-electron chi connectivity index (χ0n) is 12.3. The van der Waals surface area contributed by atoms with E-state index in [9.17, 15) is 24.8 Å². The van der Waals surface area contributed by atoms with Gasteiger partial charge < -0.3 is 10.4 Å². The number of carbonyl (C=O) groups is 2. The SMILES string of the molecule is CCc1ccc(NC(=O)c2cccc([N+](=O)[O-])c2C(=O)O)cc1. The van der Waals surface area contributed by atoms with E-state index in [0.717, 1.165) is 18.1 Å². The lowest BCUT2D eigenvalue weighted by atomic mass is 10.0. The van der Waals surface area contributed by atoms with Crippen molar-refractivity contribution in [2.45, 2.75) is 13.3 Å². The molecule has 0 aromatic heterocycles. The lowest BCUT2D eigenvalue weighted by molar-refractivity contribution is -0.385. The van der Waals surface area contributed by atoms with Gasteiger partial charge in [0.2, 0.25) is 0 Å². The van der Waals surface area contributed by atoms with Gasteiger partial charge in [-0.15, -0.1) is 0 Å². The Balaban J connectivity index is 2.36. The Morgan fingerprint density at radius 2 is 1.83 bits per heavy atom. The van der Waals surface area contributed by atoms with Gasteiger partial charge >= 0.3 is 5.97 Å². The van der Waals surface area contributed by atoms with Crippen molar-refractivity contribution >= 4 is 23.3 Å². The molecule has 23 heavy (non-hydrogen) atoms. The van der Waals surface area contributed by atoms with Crippen LogP contribution in [0.2, 0.25) is 0 Å². The smallest absolute Gasteiger partial charge is 0.343 e. The highest BCUT2D eigenvalue weighted by atomic mass is 16.6. The molecule has 0 unspecified atom stereocenters. The molecule has 0 aliphatic rings. The molecule has 0 saturated heterocycles. The van der Waals surface area contributed by atoms with Crippen LogP contribution in [0.25, 0.3) is 0 Å². The molecule has 0 aliphatic heterocycles. The predicted octanol–water partition coefficient (Wildman–Crippen LogP) is 3.11. The quantitative estimate of drug-likeness (QED) is 0.651. The number of nitrogens with zero attached hydrogens (tertiary/aromatic N) is 1. The first-order valence-electron chi connectivity index (χ1n) is 6.85. The summed E-state index contributed by atoms with van der Waals surface area (Å²) in [6.45, 7) is 2.00. The van der Waals surface area contributed by atoms with Gasteiger partial charge in [0.1, 0.15) is 5.56 Å². The lowest BCUT2D eigenvalue weighted by Crippen LogP contribution is -2.17. The number of carboxylic acid groups (broad SMARTS) is 1. The van der Waals surface area contributed by atoms with Crippen LogP contribution >= 0.6 is 0 Å². The Hall–Kier alpha value is -3.22. The molecule has 0 radical (unpaired) electrons. The minimum atomic E-state index is -1.52. The number of hydrogen-bond acceptors (Lipinski definition) is 4. The van der Waals surface area contributed by atoms with Crippen LogP contribution in [0.5, 0.6) is 0 Å². The second-order valence-corrected chi connectivity index (χ2v) is 4.77. The molecule has 7 nitrogen and oxygen atoms in total. The Labute approximate surface area is 131 Å². The van der Waals surface area contributed by atoms with Gasteiger partial charge in [-0.3, -0.25) is 14.9 Å². The van der Waals surface area contributed by atoms with Crippen LogP contribution in [0.15, 0.2) is 42.5 Å². The highest BCUT2D eigenvalue weighted by Gasteiger charge is 2.26. The summed E-state index contributed by atoms with van der Waals surface area (Å²) >= 11 is 0. The van der Waals surface area contributed by atoms with Crippen molar-refractivity contribution in [1.82, 2.24) is 0 Å². The van der Waals surface area contributed by atoms with E-state index in [0.29, 0.717) is 5.69 Å². The van der Waals surface area contributed by atoms with Gasteiger partial charge in [0.25, 0.3) is 11.6 Å². The number of hydrogen-bond donors (Lipinski definition) is 2. The molecule has 0 heterocycles. The van der Waals surface area contributed by atoms with E-state index >= 15 is 0 Å². The third-order valence-corrected chi connectivity index (χ3v) is 3.32. The van der Waals surface area contributed by atoms with Gasteiger partial charge in [-0.05, 0) is 30.2 Å². The summed E-state index contributed by atoms with van der Waals surface area (Å²) in [4.78, 5) is 33.7. The van der Waals surface area contributed by atoms with Crippen molar-refractivity contribution in [3.63, 3.8) is 0 Å². The number of carbonyl (C=O) groups excluding carboxylic acids is 1. The Bertz CT molecular complexity index is 769. The molecule has 0 bridgehead atoms. The molecule has 2 N–H and O–H groups in total. The average Bonchev–Trinajstić information content (AvgIpc) is 2.54. The Morgan fingerprint density at radius 1 is 1.17 bits per heavy atom. The number of rotatable bonds is 5. The van der Waals surface area contributed by atoms with Crippen LogP contribution in [0, 0.1) is 10.1 Å². The molecule has 2 aromatic carbocycles. The maximum Gasteiger partial charge on any atom is 0.343 e. The van der Waals surface area contributed by atoms with Crippen LogP contribution in [0.4, 0.5) is 11.4 Å². The predicted molar refractivity (Wildman–Crippen MR) is 83.8 cm³/mol. The van der Waals surface area contributed by atoms with Crippen LogP contribution in [0.3, 0.4) is 0 Å². The maximum atomic E-state index is 12.3. The monoisotopic (exact) mass is 314 g/mol. The molecule has 118 valence electrons.